The zero-order valence-corrected chi connectivity index (χ0v) is 12.6. The van der Waals surface area contributed by atoms with Crippen molar-refractivity contribution in [2.24, 2.45) is 7.05 Å². The Labute approximate surface area is 128 Å². The number of aliphatic hydroxyl groups is 1. The molecule has 114 valence electrons. The number of aromatic nitrogens is 3. The summed E-state index contributed by atoms with van der Waals surface area (Å²) in [6.45, 7) is 1.38. The monoisotopic (exact) mass is 310 g/mol. The van der Waals surface area contributed by atoms with Crippen LogP contribution in [0.2, 0.25) is 5.02 Å². The van der Waals surface area contributed by atoms with Gasteiger partial charge in [0.25, 0.3) is 0 Å². The van der Waals surface area contributed by atoms with E-state index >= 15 is 0 Å². The smallest absolute Gasteiger partial charge is 0.151 e. The molecule has 2 N–H and O–H groups in total. The van der Waals surface area contributed by atoms with Crippen LogP contribution in [0.15, 0.2) is 30.6 Å². The molecule has 0 bridgehead atoms. The average molecular weight is 311 g/mol. The molecule has 2 aromatic rings. The minimum absolute atomic E-state index is 0.217. The Morgan fingerprint density at radius 3 is 3.05 bits per heavy atom. The lowest BCUT2D eigenvalue weighted by Crippen LogP contribution is -2.32. The molecule has 0 fully saturated rings. The highest BCUT2D eigenvalue weighted by atomic mass is 35.5. The molecule has 1 aromatic carbocycles. The molecule has 7 heteroatoms. The fraction of sp³-hybridized carbons (Fsp3) is 0.429. The largest absolute Gasteiger partial charge is 0.491 e. The molecular weight excluding hydrogens is 292 g/mol. The van der Waals surface area contributed by atoms with Crippen LogP contribution >= 0.6 is 11.6 Å². The van der Waals surface area contributed by atoms with Gasteiger partial charge in [0.2, 0.25) is 0 Å². The second-order valence-electron chi connectivity index (χ2n) is 4.71. The minimum atomic E-state index is -0.583. The van der Waals surface area contributed by atoms with Gasteiger partial charge in [-0.25, -0.2) is 4.98 Å². The molecule has 1 heterocycles. The number of hydrogen-bond donors (Lipinski definition) is 2. The lowest BCUT2D eigenvalue weighted by Gasteiger charge is -2.13. The zero-order chi connectivity index (χ0) is 15.1. The lowest BCUT2D eigenvalue weighted by molar-refractivity contribution is 0.106. The summed E-state index contributed by atoms with van der Waals surface area (Å²) in [5, 5.41) is 17.8. The van der Waals surface area contributed by atoms with Gasteiger partial charge in [-0.2, -0.15) is 5.10 Å². The molecule has 0 spiro atoms. The third-order valence-electron chi connectivity index (χ3n) is 2.79. The first-order valence-electron chi connectivity index (χ1n) is 6.75. The van der Waals surface area contributed by atoms with Gasteiger partial charge in [0.05, 0.1) is 0 Å². The fourth-order valence-corrected chi connectivity index (χ4v) is 1.96. The number of rotatable bonds is 8. The summed E-state index contributed by atoms with van der Waals surface area (Å²) < 4.78 is 7.13. The molecule has 2 rings (SSSR count). The van der Waals surface area contributed by atoms with Crippen molar-refractivity contribution in [1.82, 2.24) is 20.1 Å². The van der Waals surface area contributed by atoms with Gasteiger partial charge in [0, 0.05) is 31.6 Å². The normalized spacial score (nSPS) is 12.3. The number of aryl methyl sites for hydroxylation is 1. The number of ether oxygens (including phenoxy) is 1. The van der Waals surface area contributed by atoms with E-state index in [-0.39, 0.29) is 6.61 Å². The van der Waals surface area contributed by atoms with Crippen molar-refractivity contribution >= 4 is 11.6 Å². The molecule has 21 heavy (non-hydrogen) atoms. The predicted molar refractivity (Wildman–Crippen MR) is 80.5 cm³/mol. The maximum Gasteiger partial charge on any atom is 0.151 e. The van der Waals surface area contributed by atoms with Crippen LogP contribution in [0.4, 0.5) is 0 Å². The predicted octanol–water partition coefficient (Wildman–Crippen LogP) is 1.04. The van der Waals surface area contributed by atoms with Crippen LogP contribution < -0.4 is 10.1 Å². The van der Waals surface area contributed by atoms with E-state index in [0.717, 1.165) is 12.2 Å². The van der Waals surface area contributed by atoms with Gasteiger partial charge in [0.1, 0.15) is 24.8 Å². The highest BCUT2D eigenvalue weighted by Crippen LogP contribution is 2.17. The van der Waals surface area contributed by atoms with Crippen molar-refractivity contribution in [3.05, 3.63) is 41.4 Å². The number of nitrogens with zero attached hydrogens (tertiary/aromatic N) is 3. The Morgan fingerprint density at radius 2 is 2.33 bits per heavy atom. The Morgan fingerprint density at radius 1 is 1.48 bits per heavy atom. The van der Waals surface area contributed by atoms with E-state index in [1.807, 2.05) is 13.1 Å². The first-order valence-corrected chi connectivity index (χ1v) is 7.13. The summed E-state index contributed by atoms with van der Waals surface area (Å²) in [5.41, 5.74) is 0. The molecule has 1 aromatic heterocycles. The van der Waals surface area contributed by atoms with Crippen LogP contribution in [0.25, 0.3) is 0 Å². The van der Waals surface area contributed by atoms with Crippen molar-refractivity contribution < 1.29 is 9.84 Å². The van der Waals surface area contributed by atoms with Crippen LogP contribution in [0.1, 0.15) is 5.82 Å². The van der Waals surface area contributed by atoms with E-state index in [2.05, 4.69) is 15.4 Å². The van der Waals surface area contributed by atoms with Crippen LogP contribution in [-0.2, 0) is 13.5 Å². The highest BCUT2D eigenvalue weighted by Gasteiger charge is 2.06. The molecule has 0 aliphatic rings. The number of hydrogen-bond acceptors (Lipinski definition) is 5. The molecule has 0 aliphatic heterocycles. The molecule has 6 nitrogen and oxygen atoms in total. The van der Waals surface area contributed by atoms with Gasteiger partial charge in [-0.05, 0) is 18.2 Å². The van der Waals surface area contributed by atoms with Crippen LogP contribution in [0, 0.1) is 0 Å². The molecular formula is C14H19ClN4O2. The summed E-state index contributed by atoms with van der Waals surface area (Å²) in [4.78, 5) is 4.13. The number of benzene rings is 1. The van der Waals surface area contributed by atoms with Gasteiger partial charge >= 0.3 is 0 Å². The third-order valence-corrected chi connectivity index (χ3v) is 3.03. The summed E-state index contributed by atoms with van der Waals surface area (Å²) >= 11 is 5.85. The molecule has 1 atom stereocenters. The van der Waals surface area contributed by atoms with Gasteiger partial charge in [-0.3, -0.25) is 4.68 Å². The zero-order valence-electron chi connectivity index (χ0n) is 11.9. The molecule has 0 saturated carbocycles. The van der Waals surface area contributed by atoms with Gasteiger partial charge in [-0.1, -0.05) is 17.7 Å². The molecule has 0 radical (unpaired) electrons. The number of halogens is 1. The summed E-state index contributed by atoms with van der Waals surface area (Å²) in [5.74, 6) is 1.44. The average Bonchev–Trinajstić information content (AvgIpc) is 2.87. The molecule has 0 aliphatic carbocycles. The van der Waals surface area contributed by atoms with E-state index in [1.165, 1.54) is 0 Å². The van der Waals surface area contributed by atoms with E-state index in [4.69, 9.17) is 16.3 Å². The molecule has 1 unspecified atom stereocenters. The van der Waals surface area contributed by atoms with Crippen LogP contribution in [0.5, 0.6) is 5.75 Å². The Kier molecular flexibility index (Phi) is 5.98. The highest BCUT2D eigenvalue weighted by molar-refractivity contribution is 6.30. The summed E-state index contributed by atoms with van der Waals surface area (Å²) in [7, 11) is 1.83. The van der Waals surface area contributed by atoms with Crippen molar-refractivity contribution in [2.75, 3.05) is 19.7 Å². The summed E-state index contributed by atoms with van der Waals surface area (Å²) in [6.07, 6.45) is 1.81. The Hall–Kier alpha value is -1.63. The number of nitrogens with one attached hydrogen (secondary N) is 1. The first-order chi connectivity index (χ1) is 10.1. The molecule has 0 saturated heterocycles. The Bertz CT molecular complexity index is 561. The van der Waals surface area contributed by atoms with Crippen molar-refractivity contribution in [3.8, 4) is 5.75 Å². The second-order valence-corrected chi connectivity index (χ2v) is 5.15. The van der Waals surface area contributed by atoms with Gasteiger partial charge in [-0.15, -0.1) is 0 Å². The van der Waals surface area contributed by atoms with E-state index in [9.17, 15) is 5.11 Å². The van der Waals surface area contributed by atoms with Crippen molar-refractivity contribution in [3.63, 3.8) is 0 Å². The lowest BCUT2D eigenvalue weighted by atomic mass is 10.3. The minimum Gasteiger partial charge on any atom is -0.491 e. The number of aliphatic hydroxyl groups excluding tert-OH is 1. The van der Waals surface area contributed by atoms with Gasteiger partial charge < -0.3 is 15.2 Å². The summed E-state index contributed by atoms with van der Waals surface area (Å²) in [6, 6.07) is 7.10. The SMILES string of the molecule is Cn1cnc(CCNCC(O)COc2cccc(Cl)c2)n1. The standard InChI is InChI=1S/C14H19ClN4O2/c1-19-10-17-14(18-19)5-6-16-8-12(20)9-21-13-4-2-3-11(15)7-13/h2-4,7,10,12,16,20H,5-6,8-9H2,1H3. The van der Waals surface area contributed by atoms with Crippen LogP contribution in [-0.4, -0.2) is 45.7 Å². The maximum absolute atomic E-state index is 9.83. The van der Waals surface area contributed by atoms with E-state index in [0.29, 0.717) is 23.9 Å². The first kappa shape index (κ1) is 15.8. The fourth-order valence-electron chi connectivity index (χ4n) is 1.78. The third kappa shape index (κ3) is 5.71. The topological polar surface area (TPSA) is 72.2 Å². The molecule has 0 amide bonds. The van der Waals surface area contributed by atoms with Crippen molar-refractivity contribution in [2.45, 2.75) is 12.5 Å². The second kappa shape index (κ2) is 7.97. The van der Waals surface area contributed by atoms with Crippen molar-refractivity contribution in [1.29, 1.82) is 0 Å². The Balaban J connectivity index is 1.60. The van der Waals surface area contributed by atoms with E-state index in [1.54, 1.807) is 29.2 Å². The van der Waals surface area contributed by atoms with Crippen LogP contribution in [0.3, 0.4) is 0 Å². The quantitative estimate of drug-likeness (QED) is 0.713. The maximum atomic E-state index is 9.83. The van der Waals surface area contributed by atoms with E-state index < -0.39 is 6.10 Å². The van der Waals surface area contributed by atoms with Gasteiger partial charge in [0.15, 0.2) is 5.82 Å².